The molecule has 0 spiro atoms. The number of ether oxygens (including phenoxy) is 1. The molecule has 64 heavy (non-hydrogen) atoms. The van der Waals surface area contributed by atoms with Gasteiger partial charge in [-0.05, 0) is 142 Å². The molecule has 5 heteroatoms. The number of fused-ring (bicyclic) bond motifs is 4. The first-order chi connectivity index (χ1) is 30.7. The highest BCUT2D eigenvalue weighted by molar-refractivity contribution is 6.09. The van der Waals surface area contributed by atoms with Crippen LogP contribution in [0.3, 0.4) is 0 Å². The SMILES string of the molecule is Cc1cnc(-n2c3ccccc3c3ccc(Oc4cccc(N5CN(c6cc(-c7ccccc7)cc(C(C)(C)C)c6)c6ccccc65)c4)cc32)cc1-c1c(C)cc(C(C)(C)C)cc1C. The normalized spacial score (nSPS) is 13.0. The molecule has 2 aromatic heterocycles. The first-order valence-electron chi connectivity index (χ1n) is 22.5. The zero-order chi connectivity index (χ0) is 44.5. The molecule has 7 aromatic carbocycles. The fourth-order valence-electron chi connectivity index (χ4n) is 9.49. The highest BCUT2D eigenvalue weighted by Crippen LogP contribution is 2.47. The van der Waals surface area contributed by atoms with E-state index in [0.29, 0.717) is 6.67 Å². The van der Waals surface area contributed by atoms with Crippen LogP contribution < -0.4 is 14.5 Å². The van der Waals surface area contributed by atoms with Crippen LogP contribution in [0.4, 0.5) is 22.7 Å². The summed E-state index contributed by atoms with van der Waals surface area (Å²) in [7, 11) is 0. The van der Waals surface area contributed by atoms with Crippen LogP contribution in [0.15, 0.2) is 164 Å². The van der Waals surface area contributed by atoms with Crippen molar-refractivity contribution >= 4 is 44.6 Å². The molecule has 0 saturated heterocycles. The molecule has 0 atom stereocenters. The fourth-order valence-corrected chi connectivity index (χ4v) is 9.49. The molecule has 0 bridgehead atoms. The van der Waals surface area contributed by atoms with E-state index in [2.05, 4.69) is 228 Å². The van der Waals surface area contributed by atoms with Crippen molar-refractivity contribution in [3.8, 4) is 39.6 Å². The number of hydrogen-bond acceptors (Lipinski definition) is 4. The van der Waals surface area contributed by atoms with Crippen molar-refractivity contribution < 1.29 is 4.74 Å². The lowest BCUT2D eigenvalue weighted by atomic mass is 9.82. The maximum Gasteiger partial charge on any atom is 0.138 e. The Kier molecular flexibility index (Phi) is 9.98. The molecule has 1 aliphatic rings. The molecule has 0 N–H and O–H groups in total. The van der Waals surface area contributed by atoms with Crippen LogP contribution in [0.5, 0.6) is 11.5 Å². The number of benzene rings is 7. The molecule has 0 radical (unpaired) electrons. The summed E-state index contributed by atoms with van der Waals surface area (Å²) in [6, 6.07) is 56.9. The smallest absolute Gasteiger partial charge is 0.138 e. The maximum absolute atomic E-state index is 6.80. The molecule has 0 saturated carbocycles. The van der Waals surface area contributed by atoms with Crippen LogP contribution in [0, 0.1) is 20.8 Å². The van der Waals surface area contributed by atoms with Crippen LogP contribution in [-0.4, -0.2) is 16.2 Å². The van der Waals surface area contributed by atoms with E-state index in [9.17, 15) is 0 Å². The van der Waals surface area contributed by atoms with Gasteiger partial charge in [-0.2, -0.15) is 0 Å². The number of rotatable bonds is 7. The Morgan fingerprint density at radius 1 is 0.484 bits per heavy atom. The summed E-state index contributed by atoms with van der Waals surface area (Å²) >= 11 is 0. The zero-order valence-corrected chi connectivity index (χ0v) is 38.5. The minimum Gasteiger partial charge on any atom is -0.457 e. The molecule has 0 amide bonds. The van der Waals surface area contributed by atoms with Crippen molar-refractivity contribution in [1.82, 2.24) is 9.55 Å². The summed E-state index contributed by atoms with van der Waals surface area (Å²) in [6.45, 7) is 21.0. The third kappa shape index (κ3) is 7.39. The van der Waals surface area contributed by atoms with Crippen molar-refractivity contribution in [2.24, 2.45) is 0 Å². The monoisotopic (exact) mass is 836 g/mol. The van der Waals surface area contributed by atoms with Gasteiger partial charge in [0.15, 0.2) is 0 Å². The summed E-state index contributed by atoms with van der Waals surface area (Å²) < 4.78 is 9.09. The van der Waals surface area contributed by atoms with Gasteiger partial charge in [-0.1, -0.05) is 126 Å². The van der Waals surface area contributed by atoms with Crippen molar-refractivity contribution in [2.45, 2.75) is 73.1 Å². The van der Waals surface area contributed by atoms with E-state index in [0.717, 1.165) is 50.7 Å². The summed E-state index contributed by atoms with van der Waals surface area (Å²) in [5.74, 6) is 2.42. The minimum atomic E-state index is -0.0156. The van der Waals surface area contributed by atoms with E-state index in [1.54, 1.807) is 0 Å². The molecular formula is C59H56N4O. The van der Waals surface area contributed by atoms with Gasteiger partial charge in [0.1, 0.15) is 24.0 Å². The largest absolute Gasteiger partial charge is 0.457 e. The van der Waals surface area contributed by atoms with Gasteiger partial charge in [0.2, 0.25) is 0 Å². The average Bonchev–Trinajstić information content (AvgIpc) is 3.83. The van der Waals surface area contributed by atoms with Gasteiger partial charge in [-0.15, -0.1) is 0 Å². The number of para-hydroxylation sites is 3. The lowest BCUT2D eigenvalue weighted by molar-refractivity contribution is 0.483. The molecule has 0 fully saturated rings. The van der Waals surface area contributed by atoms with Crippen LogP contribution in [0.2, 0.25) is 0 Å². The lowest BCUT2D eigenvalue weighted by Crippen LogP contribution is -2.24. The standard InChI is InChI=1S/C59H56N4O/c1-38-28-43(58(4,5)6)29-39(2)57(38)51-35-56(60-36-40(51)3)63-52-23-14-13-22-49(52)50-27-26-48(34-55(50)63)64-47-21-17-20-45(33-47)61-37-62(54-25-16-15-24-53(54)61)46-31-42(41-18-11-10-12-19-41)30-44(32-46)59(7,8)9/h10-36H,37H2,1-9H3. The van der Waals surface area contributed by atoms with Gasteiger partial charge in [0.05, 0.1) is 22.4 Å². The Bertz CT molecular complexity index is 3210. The van der Waals surface area contributed by atoms with Gasteiger partial charge < -0.3 is 14.5 Å². The van der Waals surface area contributed by atoms with Crippen LogP contribution in [-0.2, 0) is 10.8 Å². The van der Waals surface area contributed by atoms with E-state index in [1.807, 2.05) is 12.3 Å². The Morgan fingerprint density at radius 3 is 1.83 bits per heavy atom. The zero-order valence-electron chi connectivity index (χ0n) is 38.5. The third-order valence-corrected chi connectivity index (χ3v) is 12.9. The topological polar surface area (TPSA) is 33.5 Å². The molecule has 0 unspecified atom stereocenters. The predicted octanol–water partition coefficient (Wildman–Crippen LogP) is 16.1. The van der Waals surface area contributed by atoms with Crippen LogP contribution in [0.25, 0.3) is 49.9 Å². The molecule has 0 aliphatic carbocycles. The molecule has 318 valence electrons. The first kappa shape index (κ1) is 40.9. The number of anilines is 4. The quantitative estimate of drug-likeness (QED) is 0.160. The van der Waals surface area contributed by atoms with Gasteiger partial charge >= 0.3 is 0 Å². The Hall–Kier alpha value is -7.11. The number of aromatic nitrogens is 2. The van der Waals surface area contributed by atoms with Crippen molar-refractivity contribution in [2.75, 3.05) is 16.5 Å². The highest BCUT2D eigenvalue weighted by Gasteiger charge is 2.30. The molecule has 1 aliphatic heterocycles. The third-order valence-electron chi connectivity index (χ3n) is 12.9. The average molecular weight is 837 g/mol. The number of nitrogens with zero attached hydrogens (tertiary/aromatic N) is 4. The number of pyridine rings is 1. The number of hydrogen-bond donors (Lipinski definition) is 0. The van der Waals surface area contributed by atoms with E-state index in [1.165, 1.54) is 61.3 Å². The maximum atomic E-state index is 6.80. The van der Waals surface area contributed by atoms with E-state index < -0.39 is 0 Å². The Labute approximate surface area is 378 Å². The molecule has 9 aromatic rings. The van der Waals surface area contributed by atoms with E-state index in [-0.39, 0.29) is 10.8 Å². The first-order valence-corrected chi connectivity index (χ1v) is 22.5. The van der Waals surface area contributed by atoms with Gasteiger partial charge in [-0.25, -0.2) is 4.98 Å². The molecule has 5 nitrogen and oxygen atoms in total. The summed E-state index contributed by atoms with van der Waals surface area (Å²) in [6.07, 6.45) is 2.02. The van der Waals surface area contributed by atoms with E-state index >= 15 is 0 Å². The lowest BCUT2D eigenvalue weighted by Gasteiger charge is -2.26. The fraction of sp³-hybridized carbons (Fsp3) is 0.203. The van der Waals surface area contributed by atoms with Crippen molar-refractivity contribution in [3.63, 3.8) is 0 Å². The molecular weight excluding hydrogens is 781 g/mol. The highest BCUT2D eigenvalue weighted by atomic mass is 16.5. The van der Waals surface area contributed by atoms with Gasteiger partial charge in [0, 0.05) is 40.5 Å². The Balaban J connectivity index is 1.01. The molecule has 10 rings (SSSR count). The van der Waals surface area contributed by atoms with Crippen LogP contribution >= 0.6 is 0 Å². The predicted molar refractivity (Wildman–Crippen MR) is 270 cm³/mol. The van der Waals surface area contributed by atoms with Gasteiger partial charge in [0.25, 0.3) is 0 Å². The molecule has 3 heterocycles. The number of aryl methyl sites for hydroxylation is 3. The summed E-state index contributed by atoms with van der Waals surface area (Å²) in [4.78, 5) is 9.91. The van der Waals surface area contributed by atoms with Gasteiger partial charge in [-0.3, -0.25) is 4.57 Å². The van der Waals surface area contributed by atoms with Crippen LogP contribution in [0.1, 0.15) is 69.4 Å². The van der Waals surface area contributed by atoms with Crippen molar-refractivity contribution in [3.05, 3.63) is 192 Å². The Morgan fingerprint density at radius 2 is 1.11 bits per heavy atom. The van der Waals surface area contributed by atoms with Crippen molar-refractivity contribution in [1.29, 1.82) is 0 Å². The second-order valence-electron chi connectivity index (χ2n) is 19.6. The summed E-state index contributed by atoms with van der Waals surface area (Å²) in [5, 5.41) is 2.33. The minimum absolute atomic E-state index is 0.0156. The van der Waals surface area contributed by atoms with E-state index in [4.69, 9.17) is 9.72 Å². The summed E-state index contributed by atoms with van der Waals surface area (Å²) in [5.41, 5.74) is 18.1. The second kappa shape index (κ2) is 15.6. The second-order valence-corrected chi connectivity index (χ2v) is 19.6.